The first-order valence-corrected chi connectivity index (χ1v) is 10.00. The van der Waals surface area contributed by atoms with E-state index in [2.05, 4.69) is 11.4 Å². The number of imide groups is 1. The fourth-order valence-corrected chi connectivity index (χ4v) is 4.90. The minimum atomic E-state index is -1.07. The van der Waals surface area contributed by atoms with Gasteiger partial charge in [-0.25, -0.2) is 4.79 Å². The summed E-state index contributed by atoms with van der Waals surface area (Å²) in [6.07, 6.45) is 0.464. The average Bonchev–Trinajstić information content (AvgIpc) is 3.12. The Morgan fingerprint density at radius 1 is 1.46 bits per heavy atom. The number of carbonyl (C=O) groups excluding carboxylic acids is 2. The number of amides is 2. The zero-order chi connectivity index (χ0) is 17.9. The fourth-order valence-electron chi connectivity index (χ4n) is 3.59. The SMILES string of the molecule is CC(=O)SCC(C)C(=O)[N@+]1(C(=O)O)C[C@@H](Cc2ccsc2)CC1C. The summed E-state index contributed by atoms with van der Waals surface area (Å²) in [6.45, 7) is 5.36. The van der Waals surface area contributed by atoms with Gasteiger partial charge in [-0.1, -0.05) is 11.8 Å². The quantitative estimate of drug-likeness (QED) is 0.801. The summed E-state index contributed by atoms with van der Waals surface area (Å²) < 4.78 is -0.506. The molecule has 1 aromatic rings. The molecule has 0 radical (unpaired) electrons. The lowest BCUT2D eigenvalue weighted by molar-refractivity contribution is -0.795. The van der Waals surface area contributed by atoms with Crippen LogP contribution < -0.4 is 0 Å². The minimum absolute atomic E-state index is 0.0543. The molecule has 2 heterocycles. The van der Waals surface area contributed by atoms with Gasteiger partial charge >= 0.3 is 12.0 Å². The Labute approximate surface area is 150 Å². The van der Waals surface area contributed by atoms with Crippen LogP contribution in [0.5, 0.6) is 0 Å². The maximum absolute atomic E-state index is 12.9. The van der Waals surface area contributed by atoms with E-state index in [-0.39, 0.29) is 23.0 Å². The van der Waals surface area contributed by atoms with Gasteiger partial charge < -0.3 is 5.11 Å². The van der Waals surface area contributed by atoms with Gasteiger partial charge in [0.15, 0.2) is 5.12 Å². The monoisotopic (exact) mass is 370 g/mol. The van der Waals surface area contributed by atoms with Crippen molar-refractivity contribution in [3.63, 3.8) is 0 Å². The van der Waals surface area contributed by atoms with Crippen LogP contribution in [-0.2, 0) is 16.0 Å². The Kier molecular flexibility index (Phi) is 6.22. The molecule has 1 aromatic heterocycles. The molecule has 1 saturated heterocycles. The van der Waals surface area contributed by atoms with Gasteiger partial charge in [-0.05, 0) is 42.7 Å². The Morgan fingerprint density at radius 2 is 2.17 bits per heavy atom. The topological polar surface area (TPSA) is 71.4 Å². The Morgan fingerprint density at radius 3 is 2.71 bits per heavy atom. The number of hydrogen-bond acceptors (Lipinski definition) is 5. The number of nitrogens with zero attached hydrogens (tertiary/aromatic N) is 1. The van der Waals surface area contributed by atoms with Crippen LogP contribution >= 0.6 is 23.1 Å². The van der Waals surface area contributed by atoms with E-state index in [1.807, 2.05) is 12.3 Å². The Bertz CT molecular complexity index is 616. The molecule has 0 aliphatic carbocycles. The van der Waals surface area contributed by atoms with Crippen molar-refractivity contribution in [3.05, 3.63) is 22.4 Å². The second kappa shape index (κ2) is 7.80. The van der Waals surface area contributed by atoms with Crippen molar-refractivity contribution in [2.45, 2.75) is 39.7 Å². The molecule has 1 aliphatic rings. The first-order valence-electron chi connectivity index (χ1n) is 8.07. The van der Waals surface area contributed by atoms with Crippen molar-refractivity contribution >= 4 is 40.2 Å². The van der Waals surface area contributed by atoms with Crippen LogP contribution in [0.1, 0.15) is 32.8 Å². The van der Waals surface area contributed by atoms with Crippen LogP contribution in [0.2, 0.25) is 0 Å². The molecule has 1 fully saturated rings. The first kappa shape index (κ1) is 19.1. The highest BCUT2D eigenvalue weighted by atomic mass is 32.2. The molecule has 2 rings (SSSR count). The standard InChI is InChI=1S/C17H23NO4S2/c1-11(9-24-13(3)19)16(20)18(17(21)22)8-15(6-12(18)2)7-14-4-5-23-10-14/h4-5,10-12,15H,6-9H2,1-3H3/p+1/t11?,12?,15-,18+/m1/s1. The van der Waals surface area contributed by atoms with Gasteiger partial charge in [-0.3, -0.25) is 4.79 Å². The van der Waals surface area contributed by atoms with Crippen molar-refractivity contribution in [1.82, 2.24) is 0 Å². The molecule has 2 unspecified atom stereocenters. The molecule has 1 aliphatic heterocycles. The van der Waals surface area contributed by atoms with E-state index in [0.717, 1.165) is 24.6 Å². The van der Waals surface area contributed by atoms with Crippen molar-refractivity contribution in [1.29, 1.82) is 0 Å². The smallest absolute Gasteiger partial charge is 0.435 e. The lowest BCUT2D eigenvalue weighted by Gasteiger charge is -2.31. The van der Waals surface area contributed by atoms with Crippen LogP contribution in [0, 0.1) is 11.8 Å². The molecular weight excluding hydrogens is 346 g/mol. The number of hydrogen-bond donors (Lipinski definition) is 1. The summed E-state index contributed by atoms with van der Waals surface area (Å²) in [6, 6.07) is 1.81. The molecule has 0 aromatic carbocycles. The third kappa shape index (κ3) is 3.90. The largest absolute Gasteiger partial charge is 0.521 e. The molecule has 4 atom stereocenters. The molecule has 132 valence electrons. The van der Waals surface area contributed by atoms with Gasteiger partial charge in [-0.2, -0.15) is 20.6 Å². The van der Waals surface area contributed by atoms with Crippen molar-refractivity contribution in [3.8, 4) is 0 Å². The lowest BCUT2D eigenvalue weighted by Crippen LogP contribution is -2.60. The predicted octanol–water partition coefficient (Wildman–Crippen LogP) is 3.64. The molecule has 0 spiro atoms. The van der Waals surface area contributed by atoms with E-state index in [1.54, 1.807) is 18.3 Å². The van der Waals surface area contributed by atoms with Gasteiger partial charge in [-0.15, -0.1) is 0 Å². The Balaban J connectivity index is 2.15. The third-order valence-electron chi connectivity index (χ3n) is 4.77. The number of rotatable bonds is 5. The Hall–Kier alpha value is -1.18. The average molecular weight is 371 g/mol. The number of thiophene rings is 1. The zero-order valence-corrected chi connectivity index (χ0v) is 15.9. The molecule has 2 amide bonds. The van der Waals surface area contributed by atoms with E-state index in [0.29, 0.717) is 12.3 Å². The summed E-state index contributed by atoms with van der Waals surface area (Å²) in [5.74, 6) is -0.222. The van der Waals surface area contributed by atoms with Gasteiger partial charge in [0, 0.05) is 25.0 Å². The summed E-state index contributed by atoms with van der Waals surface area (Å²) in [4.78, 5) is 36.1. The summed E-state index contributed by atoms with van der Waals surface area (Å²) in [5, 5.41) is 13.9. The van der Waals surface area contributed by atoms with Crippen LogP contribution in [0.3, 0.4) is 0 Å². The molecule has 0 saturated carbocycles. The summed E-state index contributed by atoms with van der Waals surface area (Å²) in [7, 11) is 0. The molecule has 7 heteroatoms. The van der Waals surface area contributed by atoms with Crippen LogP contribution in [-0.4, -0.2) is 45.0 Å². The highest BCUT2D eigenvalue weighted by Crippen LogP contribution is 2.36. The van der Waals surface area contributed by atoms with E-state index < -0.39 is 16.5 Å². The van der Waals surface area contributed by atoms with Crippen molar-refractivity contribution in [2.75, 3.05) is 12.3 Å². The predicted molar refractivity (Wildman–Crippen MR) is 96.1 cm³/mol. The number of thioether (sulfide) groups is 1. The second-order valence-electron chi connectivity index (χ2n) is 6.66. The molecule has 1 N–H and O–H groups in total. The number of likely N-dealkylation sites (tertiary alicyclic amines) is 1. The van der Waals surface area contributed by atoms with Gasteiger partial charge in [0.25, 0.3) is 0 Å². The maximum Gasteiger partial charge on any atom is 0.521 e. The second-order valence-corrected chi connectivity index (χ2v) is 8.64. The number of carboxylic acid groups (broad SMARTS) is 1. The zero-order valence-electron chi connectivity index (χ0n) is 14.2. The fraction of sp³-hybridized carbons (Fsp3) is 0.588. The number of carbonyl (C=O) groups is 3. The van der Waals surface area contributed by atoms with E-state index in [9.17, 15) is 19.5 Å². The molecular formula is C17H24NO4S2+. The third-order valence-corrected chi connectivity index (χ3v) is 6.58. The maximum atomic E-state index is 12.9. The first-order chi connectivity index (χ1) is 11.3. The van der Waals surface area contributed by atoms with Crippen molar-refractivity contribution in [2.24, 2.45) is 11.8 Å². The molecule has 5 nitrogen and oxygen atoms in total. The van der Waals surface area contributed by atoms with Gasteiger partial charge in [0.1, 0.15) is 6.04 Å². The van der Waals surface area contributed by atoms with Crippen LogP contribution in [0.15, 0.2) is 16.8 Å². The highest BCUT2D eigenvalue weighted by Gasteiger charge is 2.57. The lowest BCUT2D eigenvalue weighted by atomic mass is 9.99. The van der Waals surface area contributed by atoms with Gasteiger partial charge in [0.05, 0.1) is 12.5 Å². The summed E-state index contributed by atoms with van der Waals surface area (Å²) in [5.41, 5.74) is 1.20. The van der Waals surface area contributed by atoms with Crippen molar-refractivity contribution < 1.29 is 24.0 Å². The normalized spacial score (nSPS) is 27.8. The summed E-state index contributed by atoms with van der Waals surface area (Å²) >= 11 is 2.71. The highest BCUT2D eigenvalue weighted by molar-refractivity contribution is 8.13. The minimum Gasteiger partial charge on any atom is -0.435 e. The van der Waals surface area contributed by atoms with E-state index in [4.69, 9.17) is 0 Å². The molecule has 24 heavy (non-hydrogen) atoms. The number of quaternary nitrogens is 1. The van der Waals surface area contributed by atoms with E-state index in [1.165, 1.54) is 12.5 Å². The van der Waals surface area contributed by atoms with Crippen LogP contribution in [0.4, 0.5) is 4.79 Å². The van der Waals surface area contributed by atoms with E-state index >= 15 is 0 Å². The van der Waals surface area contributed by atoms with Gasteiger partial charge in [0.2, 0.25) is 0 Å². The molecule has 0 bridgehead atoms. The van der Waals surface area contributed by atoms with Crippen LogP contribution in [0.25, 0.3) is 0 Å².